The third-order valence-corrected chi connectivity index (χ3v) is 3.64. The SMILES string of the molecule is O=C(CSCC(O)CO)NCc1ccccc1Cl. The van der Waals surface area contributed by atoms with Crippen LogP contribution in [0, 0.1) is 0 Å². The molecule has 0 saturated carbocycles. The standard InChI is InChI=1S/C12H16ClNO3S/c13-11-4-2-1-3-9(11)5-14-12(17)8-18-7-10(16)6-15/h1-4,10,15-16H,5-8H2,(H,14,17). The van der Waals surface area contributed by atoms with Gasteiger partial charge in [0, 0.05) is 17.3 Å². The zero-order valence-electron chi connectivity index (χ0n) is 9.80. The molecule has 100 valence electrons. The van der Waals surface area contributed by atoms with Crippen LogP contribution in [-0.4, -0.2) is 40.3 Å². The van der Waals surface area contributed by atoms with Gasteiger partial charge >= 0.3 is 0 Å². The van der Waals surface area contributed by atoms with E-state index in [2.05, 4.69) is 5.32 Å². The molecule has 0 aliphatic rings. The van der Waals surface area contributed by atoms with Crippen LogP contribution in [-0.2, 0) is 11.3 Å². The number of carbonyl (C=O) groups is 1. The molecule has 0 saturated heterocycles. The Kier molecular flexibility index (Phi) is 7.12. The molecule has 1 aromatic carbocycles. The summed E-state index contributed by atoms with van der Waals surface area (Å²) in [5.74, 6) is 0.474. The summed E-state index contributed by atoms with van der Waals surface area (Å²) in [6.07, 6.45) is -0.772. The fraction of sp³-hybridized carbons (Fsp3) is 0.417. The lowest BCUT2D eigenvalue weighted by Crippen LogP contribution is -2.26. The van der Waals surface area contributed by atoms with Crippen molar-refractivity contribution in [2.24, 2.45) is 0 Å². The normalized spacial score (nSPS) is 12.2. The highest BCUT2D eigenvalue weighted by molar-refractivity contribution is 7.99. The lowest BCUT2D eigenvalue weighted by molar-refractivity contribution is -0.118. The Morgan fingerprint density at radius 3 is 2.83 bits per heavy atom. The maximum absolute atomic E-state index is 11.5. The molecule has 3 N–H and O–H groups in total. The van der Waals surface area contributed by atoms with E-state index in [0.29, 0.717) is 17.3 Å². The zero-order chi connectivity index (χ0) is 13.4. The van der Waals surface area contributed by atoms with E-state index < -0.39 is 6.10 Å². The number of aliphatic hydroxyl groups is 2. The summed E-state index contributed by atoms with van der Waals surface area (Å²) < 4.78 is 0. The van der Waals surface area contributed by atoms with Crippen molar-refractivity contribution in [3.05, 3.63) is 34.9 Å². The molecule has 0 bridgehead atoms. The van der Waals surface area contributed by atoms with Gasteiger partial charge < -0.3 is 15.5 Å². The Morgan fingerprint density at radius 2 is 2.17 bits per heavy atom. The van der Waals surface area contributed by atoms with Crippen LogP contribution in [0.3, 0.4) is 0 Å². The van der Waals surface area contributed by atoms with Crippen LogP contribution in [0.2, 0.25) is 5.02 Å². The quantitative estimate of drug-likeness (QED) is 0.702. The molecule has 1 amide bonds. The van der Waals surface area contributed by atoms with E-state index in [1.54, 1.807) is 6.07 Å². The van der Waals surface area contributed by atoms with Crippen LogP contribution in [0.1, 0.15) is 5.56 Å². The molecule has 18 heavy (non-hydrogen) atoms. The summed E-state index contributed by atoms with van der Waals surface area (Å²) in [6, 6.07) is 7.32. The van der Waals surface area contributed by atoms with Gasteiger partial charge in [0.1, 0.15) is 0 Å². The number of hydrogen-bond donors (Lipinski definition) is 3. The second kappa shape index (κ2) is 8.37. The summed E-state index contributed by atoms with van der Waals surface area (Å²) in [5.41, 5.74) is 0.868. The predicted molar refractivity (Wildman–Crippen MR) is 73.7 cm³/mol. The highest BCUT2D eigenvalue weighted by atomic mass is 35.5. The number of nitrogens with one attached hydrogen (secondary N) is 1. The van der Waals surface area contributed by atoms with Gasteiger partial charge in [0.05, 0.1) is 18.5 Å². The van der Waals surface area contributed by atoms with Crippen LogP contribution < -0.4 is 5.32 Å². The van der Waals surface area contributed by atoms with Crippen molar-refractivity contribution in [1.29, 1.82) is 0 Å². The van der Waals surface area contributed by atoms with Gasteiger partial charge in [-0.05, 0) is 11.6 Å². The van der Waals surface area contributed by atoms with Crippen molar-refractivity contribution < 1.29 is 15.0 Å². The van der Waals surface area contributed by atoms with Crippen LogP contribution in [0.4, 0.5) is 0 Å². The molecule has 1 rings (SSSR count). The van der Waals surface area contributed by atoms with Gasteiger partial charge in [-0.1, -0.05) is 29.8 Å². The van der Waals surface area contributed by atoms with Crippen LogP contribution in [0.25, 0.3) is 0 Å². The monoisotopic (exact) mass is 289 g/mol. The van der Waals surface area contributed by atoms with Crippen LogP contribution in [0.5, 0.6) is 0 Å². The Morgan fingerprint density at radius 1 is 1.44 bits per heavy atom. The molecular formula is C12H16ClNO3S. The fourth-order valence-electron chi connectivity index (χ4n) is 1.23. The summed E-state index contributed by atoms with van der Waals surface area (Å²) in [6.45, 7) is 0.107. The first-order valence-electron chi connectivity index (χ1n) is 5.50. The second-order valence-electron chi connectivity index (χ2n) is 3.72. The van der Waals surface area contributed by atoms with E-state index >= 15 is 0 Å². The fourth-order valence-corrected chi connectivity index (χ4v) is 2.21. The van der Waals surface area contributed by atoms with Gasteiger partial charge in [-0.2, -0.15) is 0 Å². The van der Waals surface area contributed by atoms with Crippen molar-refractivity contribution in [1.82, 2.24) is 5.32 Å². The molecule has 0 radical (unpaired) electrons. The van der Waals surface area contributed by atoms with Gasteiger partial charge in [0.2, 0.25) is 5.91 Å². The molecule has 0 fully saturated rings. The Hall–Kier alpha value is -0.750. The van der Waals surface area contributed by atoms with Crippen molar-refractivity contribution >= 4 is 29.3 Å². The first-order chi connectivity index (χ1) is 8.63. The molecule has 0 spiro atoms. The molecule has 0 aromatic heterocycles. The number of halogens is 1. The minimum Gasteiger partial charge on any atom is -0.394 e. The molecule has 1 atom stereocenters. The van der Waals surface area contributed by atoms with E-state index in [-0.39, 0.29) is 18.3 Å². The molecule has 1 unspecified atom stereocenters. The smallest absolute Gasteiger partial charge is 0.230 e. The molecular weight excluding hydrogens is 274 g/mol. The summed E-state index contributed by atoms with van der Waals surface area (Å²) in [7, 11) is 0. The summed E-state index contributed by atoms with van der Waals surface area (Å²) >= 11 is 7.23. The first kappa shape index (κ1) is 15.3. The molecule has 1 aromatic rings. The van der Waals surface area contributed by atoms with Crippen molar-refractivity contribution in [2.75, 3.05) is 18.1 Å². The maximum atomic E-state index is 11.5. The maximum Gasteiger partial charge on any atom is 0.230 e. The van der Waals surface area contributed by atoms with Gasteiger partial charge in [-0.15, -0.1) is 11.8 Å². The van der Waals surface area contributed by atoms with Gasteiger partial charge in [-0.3, -0.25) is 4.79 Å². The predicted octanol–water partition coefficient (Wildman–Crippen LogP) is 1.04. The highest BCUT2D eigenvalue weighted by Crippen LogP contribution is 2.14. The lowest BCUT2D eigenvalue weighted by Gasteiger charge is -2.08. The van der Waals surface area contributed by atoms with Gasteiger partial charge in [0.15, 0.2) is 0 Å². The highest BCUT2D eigenvalue weighted by Gasteiger charge is 2.06. The summed E-state index contributed by atoms with van der Waals surface area (Å²) in [5, 5.41) is 21.1. The largest absolute Gasteiger partial charge is 0.394 e. The van der Waals surface area contributed by atoms with Crippen molar-refractivity contribution in [3.63, 3.8) is 0 Å². The minimum atomic E-state index is -0.772. The van der Waals surface area contributed by atoms with Crippen molar-refractivity contribution in [2.45, 2.75) is 12.6 Å². The number of hydrogen-bond acceptors (Lipinski definition) is 4. The Bertz CT molecular complexity index is 389. The number of carbonyl (C=O) groups excluding carboxylic acids is 1. The minimum absolute atomic E-state index is 0.120. The van der Waals surface area contributed by atoms with Crippen molar-refractivity contribution in [3.8, 4) is 0 Å². The first-order valence-corrected chi connectivity index (χ1v) is 7.03. The second-order valence-corrected chi connectivity index (χ2v) is 5.16. The van der Waals surface area contributed by atoms with Crippen LogP contribution in [0.15, 0.2) is 24.3 Å². The number of rotatable bonds is 7. The zero-order valence-corrected chi connectivity index (χ0v) is 11.4. The Balaban J connectivity index is 2.23. The topological polar surface area (TPSA) is 69.6 Å². The number of thioether (sulfide) groups is 1. The molecule has 6 heteroatoms. The molecule has 0 aliphatic carbocycles. The number of aliphatic hydroxyl groups excluding tert-OH is 2. The van der Waals surface area contributed by atoms with E-state index in [1.165, 1.54) is 11.8 Å². The van der Waals surface area contributed by atoms with Crippen LogP contribution >= 0.6 is 23.4 Å². The van der Waals surface area contributed by atoms with E-state index in [4.69, 9.17) is 21.8 Å². The molecule has 0 aliphatic heterocycles. The summed E-state index contributed by atoms with van der Waals surface area (Å²) in [4.78, 5) is 11.5. The third kappa shape index (κ3) is 5.73. The average molecular weight is 290 g/mol. The van der Waals surface area contributed by atoms with E-state index in [1.807, 2.05) is 18.2 Å². The average Bonchev–Trinajstić information content (AvgIpc) is 2.37. The number of amides is 1. The lowest BCUT2D eigenvalue weighted by atomic mass is 10.2. The van der Waals surface area contributed by atoms with E-state index in [9.17, 15) is 4.79 Å². The molecule has 4 nitrogen and oxygen atoms in total. The number of benzene rings is 1. The van der Waals surface area contributed by atoms with Gasteiger partial charge in [0.25, 0.3) is 0 Å². The Labute approximate surface area is 115 Å². The molecule has 0 heterocycles. The van der Waals surface area contributed by atoms with E-state index in [0.717, 1.165) is 5.56 Å². The van der Waals surface area contributed by atoms with Gasteiger partial charge in [-0.25, -0.2) is 0 Å². The third-order valence-electron chi connectivity index (χ3n) is 2.19.